The monoisotopic (exact) mass is 478 g/mol. The summed E-state index contributed by atoms with van der Waals surface area (Å²) in [7, 11) is -1.08. The Labute approximate surface area is 199 Å². The van der Waals surface area contributed by atoms with Crippen molar-refractivity contribution in [2.75, 3.05) is 35.7 Å². The number of piperidine rings is 1. The van der Waals surface area contributed by atoms with E-state index < -0.39 is 10.8 Å². The third kappa shape index (κ3) is 5.80. The predicted octanol–water partition coefficient (Wildman–Crippen LogP) is 4.78. The maximum atomic E-state index is 12.5. The van der Waals surface area contributed by atoms with Crippen LogP contribution in [-0.2, 0) is 17.2 Å². The van der Waals surface area contributed by atoms with Gasteiger partial charge in [-0.1, -0.05) is 50.9 Å². The van der Waals surface area contributed by atoms with Gasteiger partial charge in [0.05, 0.1) is 29.1 Å². The number of aryl methyl sites for hydroxylation is 1. The number of halogens is 1. The molecule has 1 saturated heterocycles. The zero-order chi connectivity index (χ0) is 23.1. The first-order valence-corrected chi connectivity index (χ1v) is 13.5. The zero-order valence-corrected chi connectivity index (χ0v) is 20.9. The Morgan fingerprint density at radius 3 is 2.53 bits per heavy atom. The van der Waals surface area contributed by atoms with E-state index in [0.29, 0.717) is 29.9 Å². The number of aliphatic hydroxyl groups excluding tert-OH is 1. The molecule has 1 aromatic heterocycles. The van der Waals surface area contributed by atoms with Crippen molar-refractivity contribution in [2.24, 2.45) is 0 Å². The molecule has 0 amide bonds. The van der Waals surface area contributed by atoms with Gasteiger partial charge in [-0.05, 0) is 42.9 Å². The Bertz CT molecular complexity index is 902. The van der Waals surface area contributed by atoms with Gasteiger partial charge in [-0.25, -0.2) is 4.98 Å². The highest BCUT2D eigenvalue weighted by molar-refractivity contribution is 7.85. The second-order valence-corrected chi connectivity index (χ2v) is 10.0. The maximum Gasteiger partial charge on any atom is 0.227 e. The summed E-state index contributed by atoms with van der Waals surface area (Å²) in [6.07, 6.45) is 4.58. The molecule has 2 aromatic rings. The van der Waals surface area contributed by atoms with E-state index in [-0.39, 0.29) is 12.6 Å². The molecular weight excluding hydrogens is 444 g/mol. The summed E-state index contributed by atoms with van der Waals surface area (Å²) in [5.41, 5.74) is 2.21. The number of benzene rings is 1. The highest BCUT2D eigenvalue weighted by Gasteiger charge is 2.29. The van der Waals surface area contributed by atoms with E-state index in [1.165, 1.54) is 5.56 Å². The summed E-state index contributed by atoms with van der Waals surface area (Å²) in [6.45, 7) is 7.88. The molecule has 2 unspecified atom stereocenters. The Morgan fingerprint density at radius 1 is 1.22 bits per heavy atom. The molecule has 6 nitrogen and oxygen atoms in total. The van der Waals surface area contributed by atoms with Gasteiger partial charge in [-0.2, -0.15) is 4.98 Å². The number of anilines is 2. The van der Waals surface area contributed by atoms with E-state index in [9.17, 15) is 9.32 Å². The minimum atomic E-state index is -1.08. The van der Waals surface area contributed by atoms with Crippen LogP contribution in [0.15, 0.2) is 29.2 Å². The molecule has 2 aliphatic rings. The molecule has 1 fully saturated rings. The highest BCUT2D eigenvalue weighted by Crippen LogP contribution is 2.34. The molecule has 0 radical (unpaired) electrons. The summed E-state index contributed by atoms with van der Waals surface area (Å²) < 4.78 is 12.5. The Kier molecular flexibility index (Phi) is 9.32. The number of aromatic nitrogens is 2. The van der Waals surface area contributed by atoms with Crippen molar-refractivity contribution in [3.05, 3.63) is 40.5 Å². The van der Waals surface area contributed by atoms with Gasteiger partial charge >= 0.3 is 0 Å². The van der Waals surface area contributed by atoms with Gasteiger partial charge in [0.15, 0.2) is 0 Å². The molecule has 0 saturated carbocycles. The second-order valence-electron chi connectivity index (χ2n) is 8.07. The number of hydrogen-bond acceptors (Lipinski definition) is 6. The Morgan fingerprint density at radius 2 is 1.91 bits per heavy atom. The third-order valence-corrected chi connectivity index (χ3v) is 7.70. The molecule has 8 heteroatoms. The van der Waals surface area contributed by atoms with Crippen LogP contribution >= 0.6 is 11.6 Å². The van der Waals surface area contributed by atoms with E-state index in [0.717, 1.165) is 54.4 Å². The first kappa shape index (κ1) is 24.9. The number of nitrogens with one attached hydrogen (secondary N) is 1. The van der Waals surface area contributed by atoms with Gasteiger partial charge in [0, 0.05) is 30.3 Å². The number of hydrogen-bond donors (Lipinski definition) is 2. The van der Waals surface area contributed by atoms with Crippen molar-refractivity contribution >= 4 is 34.2 Å². The van der Waals surface area contributed by atoms with Gasteiger partial charge in [0.2, 0.25) is 5.95 Å². The molecule has 0 spiro atoms. The van der Waals surface area contributed by atoms with Crippen LogP contribution in [0.3, 0.4) is 0 Å². The summed E-state index contributed by atoms with van der Waals surface area (Å²) >= 11 is 6.02. The molecule has 2 N–H and O–H groups in total. The van der Waals surface area contributed by atoms with Gasteiger partial charge in [-0.3, -0.25) is 4.21 Å². The van der Waals surface area contributed by atoms with Crippen molar-refractivity contribution < 1.29 is 9.32 Å². The molecule has 32 heavy (non-hydrogen) atoms. The second kappa shape index (κ2) is 12.0. The topological polar surface area (TPSA) is 78.3 Å². The molecular formula is C24H35ClN4O2S. The highest BCUT2D eigenvalue weighted by atomic mass is 35.5. The standard InChI is InChI=1S/C22H29ClN4O2S.C2H6/c1-2-3-18(14-28)24-21-20-19(10-13-30(20)29)25-22(26-21)27-11-8-16(9-12-27)15-4-6-17(23)7-5-15;1-2/h4-7,16,18,28H,2-3,8-14H2,1H3,(H,24,25,26);1-2H3. The number of aliphatic hydroxyl groups is 1. The SMILES string of the molecule is CC.CCCC(CO)Nc1nc(N2CCC(c3ccc(Cl)cc3)CC2)nc2c1S(=O)CC2. The Balaban J connectivity index is 0.00000141. The van der Waals surface area contributed by atoms with E-state index in [1.54, 1.807) is 0 Å². The molecule has 4 rings (SSSR count). The summed E-state index contributed by atoms with van der Waals surface area (Å²) in [6, 6.07) is 8.07. The molecule has 2 aliphatic heterocycles. The van der Waals surface area contributed by atoms with E-state index in [4.69, 9.17) is 21.6 Å². The van der Waals surface area contributed by atoms with Crippen LogP contribution in [0, 0.1) is 0 Å². The zero-order valence-electron chi connectivity index (χ0n) is 19.3. The van der Waals surface area contributed by atoms with Gasteiger partial charge in [-0.15, -0.1) is 0 Å². The van der Waals surface area contributed by atoms with Crippen LogP contribution in [0.5, 0.6) is 0 Å². The minimum Gasteiger partial charge on any atom is -0.394 e. The van der Waals surface area contributed by atoms with Crippen molar-refractivity contribution in [1.29, 1.82) is 0 Å². The van der Waals surface area contributed by atoms with Gasteiger partial charge in [0.25, 0.3) is 0 Å². The van der Waals surface area contributed by atoms with E-state index in [1.807, 2.05) is 26.0 Å². The first-order chi connectivity index (χ1) is 15.6. The molecule has 0 bridgehead atoms. The van der Waals surface area contributed by atoms with Crippen LogP contribution < -0.4 is 10.2 Å². The summed E-state index contributed by atoms with van der Waals surface area (Å²) in [4.78, 5) is 12.5. The van der Waals surface area contributed by atoms with Gasteiger partial charge < -0.3 is 15.3 Å². The number of nitrogens with zero attached hydrogens (tertiary/aromatic N) is 3. The van der Waals surface area contributed by atoms with Crippen molar-refractivity contribution in [2.45, 2.75) is 69.7 Å². The first-order valence-electron chi connectivity index (χ1n) is 11.8. The summed E-state index contributed by atoms with van der Waals surface area (Å²) in [5, 5.41) is 13.8. The smallest absolute Gasteiger partial charge is 0.227 e. The van der Waals surface area contributed by atoms with Crippen LogP contribution in [0.2, 0.25) is 5.02 Å². The van der Waals surface area contributed by atoms with Crippen molar-refractivity contribution in [1.82, 2.24) is 9.97 Å². The lowest BCUT2D eigenvalue weighted by molar-refractivity contribution is 0.268. The van der Waals surface area contributed by atoms with Crippen LogP contribution in [0.1, 0.15) is 63.6 Å². The average molecular weight is 479 g/mol. The maximum absolute atomic E-state index is 12.5. The molecule has 176 valence electrons. The Hall–Kier alpha value is -1.70. The van der Waals surface area contributed by atoms with E-state index in [2.05, 4.69) is 29.3 Å². The van der Waals surface area contributed by atoms with Crippen LogP contribution in [-0.4, -0.2) is 50.8 Å². The fourth-order valence-electron chi connectivity index (χ4n) is 4.32. The number of rotatable bonds is 7. The average Bonchev–Trinajstić information content (AvgIpc) is 3.21. The predicted molar refractivity (Wildman–Crippen MR) is 133 cm³/mol. The normalized spacial score (nSPS) is 19.2. The largest absolute Gasteiger partial charge is 0.394 e. The lowest BCUT2D eigenvalue weighted by Gasteiger charge is -2.33. The number of fused-ring (bicyclic) bond motifs is 1. The lowest BCUT2D eigenvalue weighted by atomic mass is 9.89. The lowest BCUT2D eigenvalue weighted by Crippen LogP contribution is -2.35. The van der Waals surface area contributed by atoms with Gasteiger partial charge in [0.1, 0.15) is 10.7 Å². The van der Waals surface area contributed by atoms with Crippen molar-refractivity contribution in [3.8, 4) is 0 Å². The molecule has 1 aromatic carbocycles. The van der Waals surface area contributed by atoms with Crippen LogP contribution in [0.25, 0.3) is 0 Å². The van der Waals surface area contributed by atoms with Crippen LogP contribution in [0.4, 0.5) is 11.8 Å². The molecule has 3 heterocycles. The van der Waals surface area contributed by atoms with Crippen molar-refractivity contribution in [3.63, 3.8) is 0 Å². The fraction of sp³-hybridized carbons (Fsp3) is 0.583. The third-order valence-electron chi connectivity index (χ3n) is 5.99. The fourth-order valence-corrected chi connectivity index (χ4v) is 5.76. The quantitative estimate of drug-likeness (QED) is 0.596. The molecule has 2 atom stereocenters. The summed E-state index contributed by atoms with van der Waals surface area (Å²) in [5.74, 6) is 2.45. The molecule has 0 aliphatic carbocycles. The van der Waals surface area contributed by atoms with E-state index >= 15 is 0 Å². The minimum absolute atomic E-state index is 0.0288.